The Hall–Kier alpha value is -2.89. The quantitative estimate of drug-likeness (QED) is 0.895. The van der Waals surface area contributed by atoms with Crippen molar-refractivity contribution < 1.29 is 14.3 Å². The molecular formula is C19H23N3O3. The number of hydrogen-bond donors (Lipinski definition) is 2. The van der Waals surface area contributed by atoms with Gasteiger partial charge in [-0.1, -0.05) is 12.1 Å². The number of carbonyl (C=O) groups is 2. The Labute approximate surface area is 147 Å². The highest BCUT2D eigenvalue weighted by Crippen LogP contribution is 2.25. The van der Waals surface area contributed by atoms with E-state index >= 15 is 0 Å². The maximum atomic E-state index is 12.5. The Balaban J connectivity index is 2.22. The summed E-state index contributed by atoms with van der Waals surface area (Å²) in [5.41, 5.74) is 1.51. The number of aryl methyl sites for hydroxylation is 1. The molecule has 0 radical (unpaired) electrons. The van der Waals surface area contributed by atoms with Crippen molar-refractivity contribution in [3.05, 3.63) is 53.3 Å². The van der Waals surface area contributed by atoms with Crippen LogP contribution in [0, 0.1) is 6.92 Å². The number of aromatic nitrogens is 1. The molecule has 6 nitrogen and oxygen atoms in total. The van der Waals surface area contributed by atoms with Crippen molar-refractivity contribution in [2.45, 2.75) is 33.2 Å². The van der Waals surface area contributed by atoms with Crippen molar-refractivity contribution in [3.8, 4) is 5.75 Å². The van der Waals surface area contributed by atoms with Gasteiger partial charge >= 0.3 is 0 Å². The highest BCUT2D eigenvalue weighted by Gasteiger charge is 2.18. The highest BCUT2D eigenvalue weighted by molar-refractivity contribution is 6.04. The second-order valence-electron chi connectivity index (χ2n) is 6.77. The molecule has 2 rings (SSSR count). The third-order valence-electron chi connectivity index (χ3n) is 3.31. The maximum Gasteiger partial charge on any atom is 0.274 e. The van der Waals surface area contributed by atoms with Crippen molar-refractivity contribution in [1.29, 1.82) is 0 Å². The van der Waals surface area contributed by atoms with Crippen LogP contribution in [0.3, 0.4) is 0 Å². The first-order valence-electron chi connectivity index (χ1n) is 7.95. The van der Waals surface area contributed by atoms with Crippen LogP contribution < -0.4 is 15.4 Å². The number of nitrogens with zero attached hydrogens (tertiary/aromatic N) is 1. The summed E-state index contributed by atoms with van der Waals surface area (Å²) in [6, 6.07) is 10.3. The topological polar surface area (TPSA) is 80.3 Å². The standard InChI is InChI=1S/C19H23N3O3/c1-12-9-10-16(25-5)15(11-12)21-17(23)13-7-6-8-14(20-13)18(24)22-19(2,3)4/h6-11H,1-5H3,(H,21,23)(H,22,24). The fourth-order valence-corrected chi connectivity index (χ4v) is 2.20. The minimum Gasteiger partial charge on any atom is -0.495 e. The molecule has 25 heavy (non-hydrogen) atoms. The summed E-state index contributed by atoms with van der Waals surface area (Å²) in [7, 11) is 1.54. The van der Waals surface area contributed by atoms with Gasteiger partial charge in [-0.15, -0.1) is 0 Å². The van der Waals surface area contributed by atoms with Crippen molar-refractivity contribution in [2.75, 3.05) is 12.4 Å². The smallest absolute Gasteiger partial charge is 0.274 e. The Bertz CT molecular complexity index is 795. The summed E-state index contributed by atoms with van der Waals surface area (Å²) in [4.78, 5) is 28.9. The minimum absolute atomic E-state index is 0.158. The van der Waals surface area contributed by atoms with Crippen LogP contribution in [-0.4, -0.2) is 29.4 Å². The fourth-order valence-electron chi connectivity index (χ4n) is 2.20. The van der Waals surface area contributed by atoms with E-state index in [0.717, 1.165) is 5.56 Å². The van der Waals surface area contributed by atoms with Gasteiger partial charge in [-0.2, -0.15) is 0 Å². The summed E-state index contributed by atoms with van der Waals surface area (Å²) in [6.45, 7) is 7.56. The van der Waals surface area contributed by atoms with Crippen LogP contribution in [0.5, 0.6) is 5.75 Å². The minimum atomic E-state index is -0.408. The van der Waals surface area contributed by atoms with Crippen LogP contribution in [-0.2, 0) is 0 Å². The number of benzene rings is 1. The predicted molar refractivity (Wildman–Crippen MR) is 97.1 cm³/mol. The normalized spacial score (nSPS) is 10.9. The molecule has 1 heterocycles. The summed E-state index contributed by atoms with van der Waals surface area (Å²) in [5.74, 6) is -0.176. The summed E-state index contributed by atoms with van der Waals surface area (Å²) >= 11 is 0. The molecule has 2 N–H and O–H groups in total. The van der Waals surface area contributed by atoms with Gasteiger partial charge in [0.2, 0.25) is 0 Å². The molecule has 2 aromatic rings. The van der Waals surface area contributed by atoms with Gasteiger partial charge < -0.3 is 15.4 Å². The summed E-state index contributed by atoms with van der Waals surface area (Å²) in [6.07, 6.45) is 0. The fraction of sp³-hybridized carbons (Fsp3) is 0.316. The van der Waals surface area contributed by atoms with E-state index in [1.54, 1.807) is 24.3 Å². The zero-order valence-electron chi connectivity index (χ0n) is 15.1. The SMILES string of the molecule is COc1ccc(C)cc1NC(=O)c1cccc(C(=O)NC(C)(C)C)n1. The lowest BCUT2D eigenvalue weighted by atomic mass is 10.1. The Morgan fingerprint density at radius 1 is 1.04 bits per heavy atom. The number of nitrogens with one attached hydrogen (secondary N) is 2. The highest BCUT2D eigenvalue weighted by atomic mass is 16.5. The van der Waals surface area contributed by atoms with Gasteiger partial charge in [0, 0.05) is 5.54 Å². The number of methoxy groups -OCH3 is 1. The zero-order valence-corrected chi connectivity index (χ0v) is 15.1. The van der Waals surface area contributed by atoms with Crippen molar-refractivity contribution in [3.63, 3.8) is 0 Å². The Kier molecular flexibility index (Phi) is 5.41. The first kappa shape index (κ1) is 18.4. The summed E-state index contributed by atoms with van der Waals surface area (Å²) < 4.78 is 5.25. The zero-order chi connectivity index (χ0) is 18.6. The molecule has 0 aliphatic rings. The molecule has 0 fully saturated rings. The van der Waals surface area contributed by atoms with E-state index in [1.165, 1.54) is 7.11 Å². The monoisotopic (exact) mass is 341 g/mol. The lowest BCUT2D eigenvalue weighted by Crippen LogP contribution is -2.41. The molecule has 1 aromatic carbocycles. The number of ether oxygens (including phenoxy) is 1. The van der Waals surface area contributed by atoms with Crippen molar-refractivity contribution >= 4 is 17.5 Å². The van der Waals surface area contributed by atoms with E-state index in [-0.39, 0.29) is 22.8 Å². The van der Waals surface area contributed by atoms with Crippen LogP contribution in [0.25, 0.3) is 0 Å². The molecule has 0 unspecified atom stereocenters. The molecule has 0 spiro atoms. The lowest BCUT2D eigenvalue weighted by Gasteiger charge is -2.20. The van der Waals surface area contributed by atoms with Crippen LogP contribution in [0.2, 0.25) is 0 Å². The molecule has 0 aliphatic heterocycles. The lowest BCUT2D eigenvalue weighted by molar-refractivity contribution is 0.0914. The Morgan fingerprint density at radius 3 is 2.28 bits per heavy atom. The number of pyridine rings is 1. The molecule has 0 atom stereocenters. The molecule has 0 saturated carbocycles. The van der Waals surface area contributed by atoms with E-state index in [1.807, 2.05) is 39.8 Å². The number of carbonyl (C=O) groups excluding carboxylic acids is 2. The van der Waals surface area contributed by atoms with E-state index < -0.39 is 5.91 Å². The van der Waals surface area contributed by atoms with Crippen molar-refractivity contribution in [2.24, 2.45) is 0 Å². The van der Waals surface area contributed by atoms with Crippen LogP contribution >= 0.6 is 0 Å². The van der Waals surface area contributed by atoms with Crippen molar-refractivity contribution in [1.82, 2.24) is 10.3 Å². The van der Waals surface area contributed by atoms with Gasteiger partial charge in [0.25, 0.3) is 11.8 Å². The second kappa shape index (κ2) is 7.34. The van der Waals surface area contributed by atoms with Crippen LogP contribution in [0.4, 0.5) is 5.69 Å². The first-order chi connectivity index (χ1) is 11.7. The van der Waals surface area contributed by atoms with Gasteiger partial charge in [0.15, 0.2) is 0 Å². The van der Waals surface area contributed by atoms with E-state index in [9.17, 15) is 9.59 Å². The molecular weight excluding hydrogens is 318 g/mol. The van der Waals surface area contributed by atoms with Gasteiger partial charge in [0.1, 0.15) is 17.1 Å². The summed E-state index contributed by atoms with van der Waals surface area (Å²) in [5, 5.41) is 5.60. The van der Waals surface area contributed by atoms with Gasteiger partial charge in [-0.3, -0.25) is 9.59 Å². The van der Waals surface area contributed by atoms with Gasteiger partial charge in [-0.25, -0.2) is 4.98 Å². The van der Waals surface area contributed by atoms with E-state index in [2.05, 4.69) is 15.6 Å². The molecule has 2 amide bonds. The average Bonchev–Trinajstić information content (AvgIpc) is 2.53. The molecule has 0 saturated heterocycles. The van der Waals surface area contributed by atoms with Gasteiger partial charge in [-0.05, 0) is 57.5 Å². The molecule has 1 aromatic heterocycles. The van der Waals surface area contributed by atoms with Crippen LogP contribution in [0.1, 0.15) is 47.3 Å². The molecule has 6 heteroatoms. The maximum absolute atomic E-state index is 12.5. The predicted octanol–water partition coefficient (Wildman–Crippen LogP) is 3.18. The largest absolute Gasteiger partial charge is 0.495 e. The number of rotatable bonds is 4. The number of hydrogen-bond acceptors (Lipinski definition) is 4. The van der Waals surface area contributed by atoms with E-state index in [4.69, 9.17) is 4.74 Å². The molecule has 0 aliphatic carbocycles. The second-order valence-corrected chi connectivity index (χ2v) is 6.77. The third-order valence-corrected chi connectivity index (χ3v) is 3.31. The van der Waals surface area contributed by atoms with Crippen LogP contribution in [0.15, 0.2) is 36.4 Å². The Morgan fingerprint density at radius 2 is 1.68 bits per heavy atom. The molecule has 132 valence electrons. The average molecular weight is 341 g/mol. The van der Waals surface area contributed by atoms with Gasteiger partial charge in [0.05, 0.1) is 12.8 Å². The molecule has 0 bridgehead atoms. The van der Waals surface area contributed by atoms with E-state index in [0.29, 0.717) is 11.4 Å². The third kappa shape index (κ3) is 5.04. The number of amides is 2. The number of anilines is 1. The first-order valence-corrected chi connectivity index (χ1v) is 7.95.